The molecule has 2 aliphatic rings. The first kappa shape index (κ1) is 24.2. The van der Waals surface area contributed by atoms with E-state index in [9.17, 15) is 9.18 Å². The summed E-state index contributed by atoms with van der Waals surface area (Å²) in [7, 11) is 1.63. The van der Waals surface area contributed by atoms with Crippen molar-refractivity contribution in [3.63, 3.8) is 0 Å². The number of hydrazone groups is 1. The first-order valence-corrected chi connectivity index (χ1v) is 12.4. The van der Waals surface area contributed by atoms with Crippen LogP contribution in [-0.4, -0.2) is 66.3 Å². The van der Waals surface area contributed by atoms with Crippen LogP contribution in [0.3, 0.4) is 0 Å². The Morgan fingerprint density at radius 1 is 0.917 bits per heavy atom. The third-order valence-corrected chi connectivity index (χ3v) is 6.92. The van der Waals surface area contributed by atoms with Crippen molar-refractivity contribution in [1.82, 2.24) is 14.8 Å². The van der Waals surface area contributed by atoms with Gasteiger partial charge in [0.2, 0.25) is 0 Å². The summed E-state index contributed by atoms with van der Waals surface area (Å²) in [5.41, 5.74) is 3.93. The van der Waals surface area contributed by atoms with Gasteiger partial charge in [0.15, 0.2) is 0 Å². The van der Waals surface area contributed by atoms with Crippen LogP contribution in [-0.2, 0) is 11.3 Å². The monoisotopic (exact) mass is 486 g/mol. The Balaban J connectivity index is 1.27. The summed E-state index contributed by atoms with van der Waals surface area (Å²) >= 11 is 0. The summed E-state index contributed by atoms with van der Waals surface area (Å²) in [5.74, 6) is 0.454. The summed E-state index contributed by atoms with van der Waals surface area (Å²) in [6.07, 6.45) is 0.578. The van der Waals surface area contributed by atoms with Gasteiger partial charge in [0.25, 0.3) is 5.91 Å². The Hall–Kier alpha value is -3.55. The van der Waals surface area contributed by atoms with Crippen molar-refractivity contribution in [3.8, 4) is 5.75 Å². The summed E-state index contributed by atoms with van der Waals surface area (Å²) in [4.78, 5) is 18.1. The molecule has 1 amide bonds. The van der Waals surface area contributed by atoms with Gasteiger partial charge in [-0.3, -0.25) is 14.6 Å². The highest BCUT2D eigenvalue weighted by molar-refractivity contribution is 6.03. The quantitative estimate of drug-likeness (QED) is 0.499. The van der Waals surface area contributed by atoms with E-state index >= 15 is 0 Å². The number of benzene rings is 3. The molecular weight excluding hydrogens is 455 g/mol. The smallest absolute Gasteiger partial charge is 0.257 e. The van der Waals surface area contributed by atoms with Crippen LogP contribution in [0.5, 0.6) is 5.75 Å². The Morgan fingerprint density at radius 2 is 1.58 bits per heavy atom. The number of halogens is 1. The predicted octanol–water partition coefficient (Wildman–Crippen LogP) is 4.33. The van der Waals surface area contributed by atoms with E-state index in [0.717, 1.165) is 55.3 Å². The van der Waals surface area contributed by atoms with E-state index in [4.69, 9.17) is 9.84 Å². The number of nitrogens with zero attached hydrogens (tertiary/aromatic N) is 4. The first-order chi connectivity index (χ1) is 17.6. The van der Waals surface area contributed by atoms with Crippen LogP contribution in [0.15, 0.2) is 84.0 Å². The highest BCUT2D eigenvalue weighted by Gasteiger charge is 2.34. The lowest BCUT2D eigenvalue weighted by Gasteiger charge is -2.35. The molecule has 1 saturated heterocycles. The number of amides is 1. The van der Waals surface area contributed by atoms with Crippen LogP contribution < -0.4 is 4.74 Å². The molecule has 3 aromatic carbocycles. The van der Waals surface area contributed by atoms with E-state index in [1.165, 1.54) is 17.7 Å². The molecule has 7 heteroatoms. The Morgan fingerprint density at radius 3 is 2.25 bits per heavy atom. The zero-order valence-corrected chi connectivity index (χ0v) is 20.5. The molecule has 6 nitrogen and oxygen atoms in total. The second-order valence-electron chi connectivity index (χ2n) is 9.32. The fourth-order valence-electron chi connectivity index (χ4n) is 4.85. The molecule has 0 saturated carbocycles. The maximum atomic E-state index is 13.5. The molecule has 1 atom stereocenters. The summed E-state index contributed by atoms with van der Waals surface area (Å²) in [6, 6.07) is 24.3. The minimum atomic E-state index is -0.289. The van der Waals surface area contributed by atoms with Gasteiger partial charge in [-0.15, -0.1) is 0 Å². The molecule has 1 unspecified atom stereocenters. The molecule has 36 heavy (non-hydrogen) atoms. The van der Waals surface area contributed by atoms with Crippen LogP contribution in [0.2, 0.25) is 0 Å². The molecule has 0 aliphatic carbocycles. The number of piperazine rings is 1. The van der Waals surface area contributed by atoms with Gasteiger partial charge < -0.3 is 4.74 Å². The van der Waals surface area contributed by atoms with Crippen molar-refractivity contribution in [2.24, 2.45) is 5.10 Å². The van der Waals surface area contributed by atoms with Gasteiger partial charge in [-0.25, -0.2) is 9.40 Å². The lowest BCUT2D eigenvalue weighted by molar-refractivity contribution is -0.134. The maximum Gasteiger partial charge on any atom is 0.257 e. The largest absolute Gasteiger partial charge is 0.497 e. The lowest BCUT2D eigenvalue weighted by atomic mass is 9.98. The minimum Gasteiger partial charge on any atom is -0.497 e. The van der Waals surface area contributed by atoms with E-state index in [1.54, 1.807) is 24.3 Å². The van der Waals surface area contributed by atoms with Crippen molar-refractivity contribution in [3.05, 3.63) is 101 Å². The van der Waals surface area contributed by atoms with E-state index < -0.39 is 0 Å². The van der Waals surface area contributed by atoms with Crippen molar-refractivity contribution in [2.45, 2.75) is 19.0 Å². The molecule has 2 heterocycles. The number of carbonyl (C=O) groups excluding carboxylic acids is 1. The van der Waals surface area contributed by atoms with E-state index in [2.05, 4.69) is 34.1 Å². The summed E-state index contributed by atoms with van der Waals surface area (Å²) < 4.78 is 18.8. The average molecular weight is 487 g/mol. The minimum absolute atomic E-state index is 0.0237. The van der Waals surface area contributed by atoms with Gasteiger partial charge in [0.05, 0.1) is 25.4 Å². The van der Waals surface area contributed by atoms with E-state index in [1.807, 2.05) is 30.3 Å². The molecule has 0 bridgehead atoms. The lowest BCUT2D eigenvalue weighted by Crippen LogP contribution is -2.49. The van der Waals surface area contributed by atoms with Crippen LogP contribution in [0.25, 0.3) is 0 Å². The third kappa shape index (κ3) is 5.64. The van der Waals surface area contributed by atoms with Gasteiger partial charge >= 0.3 is 0 Å². The Bertz CT molecular complexity index is 1190. The fraction of sp³-hybridized carbons (Fsp3) is 0.310. The van der Waals surface area contributed by atoms with Gasteiger partial charge in [0.1, 0.15) is 11.6 Å². The SMILES string of the molecule is COc1ccc(C2CC(c3ccc(F)cc3)=NN2C(=O)CN2CCN(Cc3ccccc3)CC2)cc1. The van der Waals surface area contributed by atoms with Gasteiger partial charge in [-0.05, 0) is 41.0 Å². The topological polar surface area (TPSA) is 48.4 Å². The molecule has 2 aliphatic heterocycles. The second-order valence-corrected chi connectivity index (χ2v) is 9.32. The molecule has 1 fully saturated rings. The van der Waals surface area contributed by atoms with Gasteiger partial charge in [-0.1, -0.05) is 54.6 Å². The molecule has 186 valence electrons. The fourth-order valence-corrected chi connectivity index (χ4v) is 4.85. The molecule has 5 rings (SSSR count). The number of ether oxygens (including phenoxy) is 1. The van der Waals surface area contributed by atoms with Crippen molar-refractivity contribution in [2.75, 3.05) is 39.8 Å². The predicted molar refractivity (Wildman–Crippen MR) is 138 cm³/mol. The average Bonchev–Trinajstić information content (AvgIpc) is 3.37. The van der Waals surface area contributed by atoms with Gasteiger partial charge in [0, 0.05) is 39.1 Å². The number of methoxy groups -OCH3 is 1. The second kappa shape index (κ2) is 11.0. The van der Waals surface area contributed by atoms with Crippen LogP contribution in [0, 0.1) is 5.82 Å². The highest BCUT2D eigenvalue weighted by Crippen LogP contribution is 2.34. The normalized spacial score (nSPS) is 18.8. The van der Waals surface area contributed by atoms with Crippen molar-refractivity contribution < 1.29 is 13.9 Å². The molecule has 3 aromatic rings. The summed E-state index contributed by atoms with van der Waals surface area (Å²) in [6.45, 7) is 4.79. The zero-order valence-electron chi connectivity index (χ0n) is 20.5. The number of rotatable bonds is 7. The number of hydrogen-bond donors (Lipinski definition) is 0. The Labute approximate surface area is 211 Å². The molecule has 0 spiro atoms. The highest BCUT2D eigenvalue weighted by atomic mass is 19.1. The van der Waals surface area contributed by atoms with Crippen molar-refractivity contribution in [1.29, 1.82) is 0 Å². The van der Waals surface area contributed by atoms with Gasteiger partial charge in [-0.2, -0.15) is 5.10 Å². The maximum absolute atomic E-state index is 13.5. The zero-order chi connectivity index (χ0) is 24.9. The summed E-state index contributed by atoms with van der Waals surface area (Å²) in [5, 5.41) is 6.36. The standard InChI is InChI=1S/C29H31FN4O2/c1-36-26-13-9-24(10-14-26)28-19-27(23-7-11-25(30)12-8-23)31-34(28)29(35)21-33-17-15-32(16-18-33)20-22-5-3-2-4-6-22/h2-14,28H,15-21H2,1H3. The third-order valence-electron chi connectivity index (χ3n) is 6.92. The molecule has 0 aromatic heterocycles. The van der Waals surface area contributed by atoms with E-state index in [0.29, 0.717) is 13.0 Å². The van der Waals surface area contributed by atoms with Crippen LogP contribution in [0.1, 0.15) is 29.2 Å². The Kier molecular flexibility index (Phi) is 7.39. The van der Waals surface area contributed by atoms with Crippen molar-refractivity contribution >= 4 is 11.6 Å². The molecule has 0 radical (unpaired) electrons. The molecular formula is C29H31FN4O2. The van der Waals surface area contributed by atoms with E-state index in [-0.39, 0.29) is 17.8 Å². The number of hydrogen-bond acceptors (Lipinski definition) is 5. The van der Waals surface area contributed by atoms with Crippen LogP contribution in [0.4, 0.5) is 4.39 Å². The van der Waals surface area contributed by atoms with Crippen LogP contribution >= 0.6 is 0 Å². The number of carbonyl (C=O) groups is 1. The first-order valence-electron chi connectivity index (χ1n) is 12.4. The molecule has 0 N–H and O–H groups in total.